The van der Waals surface area contributed by atoms with E-state index in [4.69, 9.17) is 5.26 Å². The van der Waals surface area contributed by atoms with Gasteiger partial charge in [-0.1, -0.05) is 23.2 Å². The van der Waals surface area contributed by atoms with Gasteiger partial charge in [-0.15, -0.1) is 0 Å². The Labute approximate surface area is 49.7 Å². The van der Waals surface area contributed by atoms with Crippen molar-refractivity contribution in [2.45, 2.75) is 4.59 Å². The molecule has 0 rings (SSSR count). The van der Waals surface area contributed by atoms with Gasteiger partial charge in [-0.2, -0.15) is 4.89 Å². The van der Waals surface area contributed by atoms with Gasteiger partial charge in [0.2, 0.25) is 0 Å². The molecule has 0 amide bonds. The van der Waals surface area contributed by atoms with Crippen LogP contribution in [-0.2, 0) is 10.1 Å². The SMILES string of the molecule is [O]OCC(F)(Cl)Cl. The van der Waals surface area contributed by atoms with E-state index >= 15 is 0 Å². The molecule has 5 heteroatoms. The molecule has 0 atom stereocenters. The van der Waals surface area contributed by atoms with Crippen LogP contribution < -0.4 is 0 Å². The number of hydrogen-bond donors (Lipinski definition) is 0. The highest BCUT2D eigenvalue weighted by Gasteiger charge is 2.22. The molecule has 0 aliphatic rings. The summed E-state index contributed by atoms with van der Waals surface area (Å²) in [4.78, 5) is 3.02. The van der Waals surface area contributed by atoms with Gasteiger partial charge in [0.25, 0.3) is 4.59 Å². The van der Waals surface area contributed by atoms with Gasteiger partial charge in [0.15, 0.2) is 0 Å². The Kier molecular flexibility index (Phi) is 2.83. The number of alkyl halides is 3. The fourth-order valence-electron chi connectivity index (χ4n) is 0.0668. The summed E-state index contributed by atoms with van der Waals surface area (Å²) in [6.07, 6.45) is 0. The van der Waals surface area contributed by atoms with E-state index in [9.17, 15) is 4.39 Å². The van der Waals surface area contributed by atoms with Crippen molar-refractivity contribution in [2.75, 3.05) is 6.61 Å². The van der Waals surface area contributed by atoms with Crippen molar-refractivity contribution >= 4 is 23.2 Å². The lowest BCUT2D eigenvalue weighted by Gasteiger charge is -2.01. The number of halogens is 3. The fourth-order valence-corrected chi connectivity index (χ4v) is 0.156. The summed E-state index contributed by atoms with van der Waals surface area (Å²) in [5, 5.41) is 9.04. The van der Waals surface area contributed by atoms with Gasteiger partial charge in [0, 0.05) is 0 Å². The Morgan fingerprint density at radius 2 is 2.14 bits per heavy atom. The summed E-state index contributed by atoms with van der Waals surface area (Å²) in [5.41, 5.74) is 0. The lowest BCUT2D eigenvalue weighted by molar-refractivity contribution is -0.309. The van der Waals surface area contributed by atoms with Gasteiger partial charge >= 0.3 is 0 Å². The molecule has 0 aromatic rings. The average Bonchev–Trinajstić information content (AvgIpc) is 1.30. The van der Waals surface area contributed by atoms with Crippen LogP contribution >= 0.6 is 23.2 Å². The molecule has 0 fully saturated rings. The van der Waals surface area contributed by atoms with Crippen molar-refractivity contribution in [3.8, 4) is 0 Å². The normalized spacial score (nSPS) is 12.0. The Hall–Kier alpha value is 0.430. The smallest absolute Gasteiger partial charge is 0.205 e. The molecule has 0 heterocycles. The van der Waals surface area contributed by atoms with Gasteiger partial charge in [-0.05, 0) is 5.26 Å². The first-order valence-electron chi connectivity index (χ1n) is 1.38. The predicted octanol–water partition coefficient (Wildman–Crippen LogP) is 1.45. The minimum atomic E-state index is -2.54. The van der Waals surface area contributed by atoms with Crippen molar-refractivity contribution in [1.82, 2.24) is 0 Å². The molecule has 0 aliphatic heterocycles. The number of hydrogen-bond acceptors (Lipinski definition) is 1. The van der Waals surface area contributed by atoms with Crippen LogP contribution in [0.25, 0.3) is 0 Å². The fraction of sp³-hybridized carbons (Fsp3) is 1.00. The molecule has 1 radical (unpaired) electrons. The highest BCUT2D eigenvalue weighted by Crippen LogP contribution is 2.21. The predicted molar refractivity (Wildman–Crippen MR) is 22.2 cm³/mol. The molecule has 7 heavy (non-hydrogen) atoms. The maximum absolute atomic E-state index is 11.6. The molecule has 0 bridgehead atoms. The van der Waals surface area contributed by atoms with Crippen molar-refractivity contribution < 1.29 is 14.5 Å². The second-order valence-electron chi connectivity index (χ2n) is 0.877. The van der Waals surface area contributed by atoms with Crippen LogP contribution in [-0.4, -0.2) is 11.2 Å². The molecule has 0 saturated heterocycles. The summed E-state index contributed by atoms with van der Waals surface area (Å²) < 4.78 is 9.06. The first-order chi connectivity index (χ1) is 3.06. The third-order valence-electron chi connectivity index (χ3n) is 0.223. The molecule has 0 aromatic heterocycles. The van der Waals surface area contributed by atoms with Crippen molar-refractivity contribution in [1.29, 1.82) is 0 Å². The molecule has 0 spiro atoms. The zero-order chi connectivity index (χ0) is 5.91. The van der Waals surface area contributed by atoms with E-state index in [1.54, 1.807) is 0 Å². The molecule has 0 aromatic carbocycles. The van der Waals surface area contributed by atoms with Crippen LogP contribution in [0.2, 0.25) is 0 Å². The van der Waals surface area contributed by atoms with Crippen LogP contribution in [0.5, 0.6) is 0 Å². The second kappa shape index (κ2) is 2.67. The molecule has 0 unspecified atom stereocenters. The molecule has 2 nitrogen and oxygen atoms in total. The Bertz CT molecular complexity index is 52.1. The third-order valence-corrected chi connectivity index (χ3v) is 0.441. The van der Waals surface area contributed by atoms with Crippen LogP contribution in [0, 0.1) is 0 Å². The summed E-state index contributed by atoms with van der Waals surface area (Å²) in [6, 6.07) is 0. The highest BCUT2D eigenvalue weighted by atomic mass is 35.5. The van der Waals surface area contributed by atoms with Crippen molar-refractivity contribution in [3.63, 3.8) is 0 Å². The molecular formula is C2H2Cl2FO2. The molecular weight excluding hydrogens is 146 g/mol. The molecule has 0 N–H and O–H groups in total. The first kappa shape index (κ1) is 7.43. The monoisotopic (exact) mass is 147 g/mol. The molecule has 0 saturated carbocycles. The topological polar surface area (TPSA) is 29.1 Å². The Balaban J connectivity index is 3.15. The molecule has 0 aliphatic carbocycles. The maximum atomic E-state index is 11.6. The van der Waals surface area contributed by atoms with E-state index < -0.39 is 11.2 Å². The van der Waals surface area contributed by atoms with E-state index in [0.717, 1.165) is 0 Å². The van der Waals surface area contributed by atoms with Gasteiger partial charge in [0.1, 0.15) is 6.61 Å². The van der Waals surface area contributed by atoms with Crippen LogP contribution in [0.4, 0.5) is 4.39 Å². The summed E-state index contributed by atoms with van der Waals surface area (Å²) >= 11 is 9.21. The summed E-state index contributed by atoms with van der Waals surface area (Å²) in [7, 11) is 0. The van der Waals surface area contributed by atoms with Gasteiger partial charge in [0.05, 0.1) is 0 Å². The largest absolute Gasteiger partial charge is 0.283 e. The zero-order valence-corrected chi connectivity index (χ0v) is 4.67. The first-order valence-corrected chi connectivity index (χ1v) is 2.13. The molecule has 43 valence electrons. The Morgan fingerprint density at radius 1 is 1.71 bits per heavy atom. The van der Waals surface area contributed by atoms with Crippen molar-refractivity contribution in [2.24, 2.45) is 0 Å². The quantitative estimate of drug-likeness (QED) is 0.331. The van der Waals surface area contributed by atoms with E-state index in [2.05, 4.69) is 28.1 Å². The second-order valence-corrected chi connectivity index (χ2v) is 2.27. The average molecular weight is 148 g/mol. The highest BCUT2D eigenvalue weighted by molar-refractivity contribution is 6.47. The van der Waals surface area contributed by atoms with E-state index in [1.165, 1.54) is 0 Å². The maximum Gasteiger partial charge on any atom is 0.283 e. The third kappa shape index (κ3) is 6.43. The van der Waals surface area contributed by atoms with Crippen LogP contribution in [0.3, 0.4) is 0 Å². The Morgan fingerprint density at radius 3 is 2.14 bits per heavy atom. The van der Waals surface area contributed by atoms with Crippen molar-refractivity contribution in [3.05, 3.63) is 0 Å². The minimum absolute atomic E-state index is 0.851. The zero-order valence-electron chi connectivity index (χ0n) is 3.16. The van der Waals surface area contributed by atoms with Gasteiger partial charge in [-0.3, -0.25) is 0 Å². The van der Waals surface area contributed by atoms with E-state index in [-0.39, 0.29) is 0 Å². The minimum Gasteiger partial charge on any atom is -0.205 e. The van der Waals surface area contributed by atoms with Gasteiger partial charge < -0.3 is 0 Å². The number of rotatable bonds is 2. The van der Waals surface area contributed by atoms with Gasteiger partial charge in [-0.25, -0.2) is 4.39 Å². The lowest BCUT2D eigenvalue weighted by atomic mass is 10.8. The lowest BCUT2D eigenvalue weighted by Crippen LogP contribution is -2.11. The van der Waals surface area contributed by atoms with E-state index in [1.807, 2.05) is 0 Å². The van der Waals surface area contributed by atoms with Crippen LogP contribution in [0.15, 0.2) is 0 Å². The summed E-state index contributed by atoms with van der Waals surface area (Å²) in [6.45, 7) is -0.851. The summed E-state index contributed by atoms with van der Waals surface area (Å²) in [5.74, 6) is 0. The van der Waals surface area contributed by atoms with E-state index in [0.29, 0.717) is 0 Å². The standard InChI is InChI=1S/C2H2Cl2FO2/c3-2(4,5)1-7-6/h1H2. The van der Waals surface area contributed by atoms with Crippen LogP contribution in [0.1, 0.15) is 0 Å².